The molecule has 0 radical (unpaired) electrons. The Hall–Kier alpha value is -2.22. The maximum Gasteiger partial charge on any atom is 0.274 e. The number of anilines is 1. The van der Waals surface area contributed by atoms with Crippen LogP contribution in [-0.4, -0.2) is 19.6 Å². The highest BCUT2D eigenvalue weighted by Gasteiger charge is 2.03. The summed E-state index contributed by atoms with van der Waals surface area (Å²) in [5, 5.41) is 3.70. The van der Waals surface area contributed by atoms with Crippen molar-refractivity contribution in [3.05, 3.63) is 32.8 Å². The van der Waals surface area contributed by atoms with E-state index in [1.54, 1.807) is 0 Å². The van der Waals surface area contributed by atoms with Gasteiger partial charge in [0.05, 0.1) is 0 Å². The number of nitrogens with one attached hydrogen (secondary N) is 2. The van der Waals surface area contributed by atoms with Gasteiger partial charge >= 0.3 is 0 Å². The van der Waals surface area contributed by atoms with Crippen LogP contribution in [0, 0.1) is 0 Å². The maximum absolute atomic E-state index is 11.3. The summed E-state index contributed by atoms with van der Waals surface area (Å²) in [4.78, 5) is 28.4. The zero-order valence-corrected chi connectivity index (χ0v) is 6.89. The van der Waals surface area contributed by atoms with Crippen LogP contribution in [0.25, 0.3) is 5.78 Å². The van der Waals surface area contributed by atoms with Crippen LogP contribution in [0.3, 0.4) is 0 Å². The molecule has 2 heterocycles. The first kappa shape index (κ1) is 8.38. The van der Waals surface area contributed by atoms with E-state index in [0.717, 1.165) is 16.6 Å². The lowest BCUT2D eigenvalue weighted by molar-refractivity contribution is 0.913. The van der Waals surface area contributed by atoms with Gasteiger partial charge in [0.15, 0.2) is 0 Å². The first-order chi connectivity index (χ1) is 6.70. The van der Waals surface area contributed by atoms with Gasteiger partial charge in [-0.2, -0.15) is 9.50 Å². The van der Waals surface area contributed by atoms with Gasteiger partial charge in [0.1, 0.15) is 0 Å². The predicted octanol–water partition coefficient (Wildman–Crippen LogP) is -1.94. The Kier molecular flexibility index (Phi) is 1.75. The van der Waals surface area contributed by atoms with Crippen LogP contribution < -0.4 is 22.4 Å². The Morgan fingerprint density at radius 3 is 2.93 bits per heavy atom. The first-order valence-corrected chi connectivity index (χ1v) is 3.68. The third-order valence-electron chi connectivity index (χ3n) is 1.56. The molecule has 0 saturated heterocycles. The van der Waals surface area contributed by atoms with E-state index in [9.17, 15) is 9.59 Å². The van der Waals surface area contributed by atoms with Gasteiger partial charge in [0, 0.05) is 12.1 Å². The lowest BCUT2D eigenvalue weighted by Crippen LogP contribution is -2.12. The number of aromatic amines is 1. The van der Waals surface area contributed by atoms with E-state index in [-0.39, 0.29) is 11.7 Å². The number of hydrogen-bond acceptors (Lipinski definition) is 6. The van der Waals surface area contributed by atoms with Gasteiger partial charge in [-0.25, -0.2) is 5.84 Å². The number of fused-ring (bicyclic) bond motifs is 1. The second kappa shape index (κ2) is 2.92. The van der Waals surface area contributed by atoms with E-state index in [2.05, 4.69) is 20.5 Å². The minimum Gasteiger partial charge on any atom is -0.291 e. The normalized spacial score (nSPS) is 10.4. The van der Waals surface area contributed by atoms with Crippen LogP contribution in [0.15, 0.2) is 21.7 Å². The second-order valence-corrected chi connectivity index (χ2v) is 2.48. The van der Waals surface area contributed by atoms with Crippen molar-refractivity contribution in [2.24, 2.45) is 5.84 Å². The van der Waals surface area contributed by atoms with Crippen LogP contribution >= 0.6 is 0 Å². The third-order valence-corrected chi connectivity index (χ3v) is 1.56. The SMILES string of the molecule is NNc1nc2[nH]c(=O)ccc(=O)n2n1. The molecule has 0 aliphatic heterocycles. The highest BCUT2D eigenvalue weighted by atomic mass is 16.1. The third kappa shape index (κ3) is 1.23. The Morgan fingerprint density at radius 2 is 2.21 bits per heavy atom. The fourth-order valence-corrected chi connectivity index (χ4v) is 0.977. The Labute approximate surface area is 76.4 Å². The molecule has 0 atom stereocenters. The summed E-state index contributed by atoms with van der Waals surface area (Å²) in [7, 11) is 0. The topological polar surface area (TPSA) is 118 Å². The molecule has 2 aromatic heterocycles. The number of aromatic nitrogens is 4. The van der Waals surface area contributed by atoms with Gasteiger partial charge in [-0.3, -0.25) is 20.0 Å². The monoisotopic (exact) mass is 194 g/mol. The predicted molar refractivity (Wildman–Crippen MR) is 47.7 cm³/mol. The molecule has 14 heavy (non-hydrogen) atoms. The van der Waals surface area contributed by atoms with Crippen molar-refractivity contribution in [2.75, 3.05) is 5.43 Å². The average Bonchev–Trinajstić information content (AvgIpc) is 2.52. The standard InChI is InChI=1S/C6H6N6O2/c7-10-5-9-6-8-3(13)1-2-4(14)12(6)11-5/h1-2H,7H2,(H2,8,9,10,11,13). The van der Waals surface area contributed by atoms with Crippen LogP contribution in [0.5, 0.6) is 0 Å². The fraction of sp³-hybridized carbons (Fsp3) is 0. The van der Waals surface area contributed by atoms with Crippen molar-refractivity contribution >= 4 is 11.7 Å². The van der Waals surface area contributed by atoms with Gasteiger partial charge in [-0.15, -0.1) is 5.10 Å². The molecule has 0 saturated carbocycles. The number of hydrazine groups is 1. The fourth-order valence-electron chi connectivity index (χ4n) is 0.977. The van der Waals surface area contributed by atoms with Gasteiger partial charge < -0.3 is 0 Å². The molecule has 2 aromatic rings. The summed E-state index contributed by atoms with van der Waals surface area (Å²) in [6.45, 7) is 0. The van der Waals surface area contributed by atoms with E-state index in [1.807, 2.05) is 0 Å². The summed E-state index contributed by atoms with van der Waals surface area (Å²) in [6.07, 6.45) is 0. The molecule has 0 bridgehead atoms. The lowest BCUT2D eigenvalue weighted by atomic mass is 10.6. The van der Waals surface area contributed by atoms with Crippen LogP contribution in [0.4, 0.5) is 5.95 Å². The zero-order valence-electron chi connectivity index (χ0n) is 6.89. The summed E-state index contributed by atoms with van der Waals surface area (Å²) in [6, 6.07) is 2.20. The van der Waals surface area contributed by atoms with Crippen LogP contribution in [0.1, 0.15) is 0 Å². The van der Waals surface area contributed by atoms with E-state index in [4.69, 9.17) is 5.84 Å². The number of nitrogens with zero attached hydrogens (tertiary/aromatic N) is 3. The van der Waals surface area contributed by atoms with Crippen molar-refractivity contribution < 1.29 is 0 Å². The van der Waals surface area contributed by atoms with E-state index in [1.165, 1.54) is 0 Å². The number of rotatable bonds is 1. The van der Waals surface area contributed by atoms with Crippen molar-refractivity contribution in [3.8, 4) is 0 Å². The molecule has 0 spiro atoms. The minimum atomic E-state index is -0.465. The Morgan fingerprint density at radius 1 is 1.43 bits per heavy atom. The molecule has 2 rings (SSSR count). The molecule has 0 aliphatic rings. The van der Waals surface area contributed by atoms with Crippen molar-refractivity contribution in [3.63, 3.8) is 0 Å². The van der Waals surface area contributed by atoms with E-state index >= 15 is 0 Å². The highest BCUT2D eigenvalue weighted by Crippen LogP contribution is 1.94. The molecule has 0 aromatic carbocycles. The quantitative estimate of drug-likeness (QED) is 0.359. The number of hydrogen-bond donors (Lipinski definition) is 3. The number of H-pyrrole nitrogens is 1. The minimum absolute atomic E-state index is 0.0398. The number of nitrogens with two attached hydrogens (primary N) is 1. The molecule has 4 N–H and O–H groups in total. The summed E-state index contributed by atoms with van der Waals surface area (Å²) < 4.78 is 0.941. The van der Waals surface area contributed by atoms with Gasteiger partial charge in [0.25, 0.3) is 17.1 Å². The molecule has 0 fully saturated rings. The van der Waals surface area contributed by atoms with Crippen molar-refractivity contribution in [1.29, 1.82) is 0 Å². The molecule has 72 valence electrons. The Balaban J connectivity index is 2.95. The molecule has 0 amide bonds. The molecule has 0 aliphatic carbocycles. The molecule has 8 nitrogen and oxygen atoms in total. The molecule has 0 unspecified atom stereocenters. The van der Waals surface area contributed by atoms with Crippen LogP contribution in [-0.2, 0) is 0 Å². The molecule has 8 heteroatoms. The summed E-state index contributed by atoms with van der Waals surface area (Å²) in [5.74, 6) is 5.15. The lowest BCUT2D eigenvalue weighted by Gasteiger charge is -1.83. The van der Waals surface area contributed by atoms with E-state index < -0.39 is 11.1 Å². The average molecular weight is 194 g/mol. The van der Waals surface area contributed by atoms with Crippen LogP contribution in [0.2, 0.25) is 0 Å². The Bertz CT molecular complexity index is 585. The molecular formula is C6H6N6O2. The van der Waals surface area contributed by atoms with E-state index in [0.29, 0.717) is 0 Å². The first-order valence-electron chi connectivity index (χ1n) is 3.68. The van der Waals surface area contributed by atoms with Gasteiger partial charge in [0.2, 0.25) is 5.78 Å². The van der Waals surface area contributed by atoms with Crippen molar-refractivity contribution in [1.82, 2.24) is 19.6 Å². The maximum atomic E-state index is 11.3. The smallest absolute Gasteiger partial charge is 0.274 e. The van der Waals surface area contributed by atoms with Gasteiger partial charge in [-0.05, 0) is 0 Å². The number of nitrogen functional groups attached to an aromatic ring is 1. The largest absolute Gasteiger partial charge is 0.291 e. The molecular weight excluding hydrogens is 188 g/mol. The summed E-state index contributed by atoms with van der Waals surface area (Å²) >= 11 is 0. The second-order valence-electron chi connectivity index (χ2n) is 2.48. The van der Waals surface area contributed by atoms with Gasteiger partial charge in [-0.1, -0.05) is 0 Å². The zero-order chi connectivity index (χ0) is 10.1. The highest BCUT2D eigenvalue weighted by molar-refractivity contribution is 5.34. The van der Waals surface area contributed by atoms with Crippen molar-refractivity contribution in [2.45, 2.75) is 0 Å². The summed E-state index contributed by atoms with van der Waals surface area (Å²) in [5.41, 5.74) is 1.27.